The molecular formula is C30H24N2O6S. The summed E-state index contributed by atoms with van der Waals surface area (Å²) in [5.74, 6) is 1.26. The Labute approximate surface area is 227 Å². The van der Waals surface area contributed by atoms with E-state index in [1.807, 2.05) is 60.7 Å². The highest BCUT2D eigenvalue weighted by molar-refractivity contribution is 7.07. The molecule has 2 aliphatic rings. The standard InChI is InChI=1S/C30H24N2O6S/c1-3-36-29(34)25-26(18-9-5-4-6-10-18)31-30-32(27(25)20-13-14-22-23(15-20)38-17-37-22)28(33)24(39-30)16-19-11-7-8-12-21(19)35-2/h4-16,27H,3,17H2,1-2H3/b24-16+. The summed E-state index contributed by atoms with van der Waals surface area (Å²) < 4.78 is 24.2. The van der Waals surface area contributed by atoms with Crippen LogP contribution in [-0.4, -0.2) is 31.0 Å². The van der Waals surface area contributed by atoms with Gasteiger partial charge in [0.15, 0.2) is 16.3 Å². The topological polar surface area (TPSA) is 88.4 Å². The van der Waals surface area contributed by atoms with E-state index >= 15 is 0 Å². The molecule has 0 aliphatic carbocycles. The van der Waals surface area contributed by atoms with Gasteiger partial charge in [0.1, 0.15) is 5.75 Å². The number of thiazole rings is 1. The van der Waals surface area contributed by atoms with Crippen molar-refractivity contribution in [3.63, 3.8) is 0 Å². The second kappa shape index (κ2) is 10.3. The summed E-state index contributed by atoms with van der Waals surface area (Å²) >= 11 is 1.26. The van der Waals surface area contributed by atoms with E-state index in [1.165, 1.54) is 11.3 Å². The van der Waals surface area contributed by atoms with Gasteiger partial charge in [0.05, 0.1) is 35.6 Å². The molecule has 0 spiro atoms. The molecule has 1 atom stereocenters. The molecule has 1 unspecified atom stereocenters. The van der Waals surface area contributed by atoms with Gasteiger partial charge in [-0.3, -0.25) is 9.36 Å². The Kier molecular flexibility index (Phi) is 6.50. The first kappa shape index (κ1) is 24.7. The molecule has 39 heavy (non-hydrogen) atoms. The van der Waals surface area contributed by atoms with Gasteiger partial charge < -0.3 is 18.9 Å². The summed E-state index contributed by atoms with van der Waals surface area (Å²) in [4.78, 5) is 32.9. The van der Waals surface area contributed by atoms with Crippen molar-refractivity contribution in [3.05, 3.63) is 115 Å². The van der Waals surface area contributed by atoms with Gasteiger partial charge in [0.2, 0.25) is 6.79 Å². The van der Waals surface area contributed by atoms with E-state index in [4.69, 9.17) is 23.9 Å². The molecule has 0 fully saturated rings. The molecular weight excluding hydrogens is 516 g/mol. The molecule has 0 N–H and O–H groups in total. The van der Waals surface area contributed by atoms with E-state index in [9.17, 15) is 9.59 Å². The third kappa shape index (κ3) is 4.40. The van der Waals surface area contributed by atoms with Crippen LogP contribution in [0.5, 0.6) is 17.2 Å². The normalized spacial score (nSPS) is 16.1. The number of para-hydroxylation sites is 1. The Morgan fingerprint density at radius 3 is 2.64 bits per heavy atom. The van der Waals surface area contributed by atoms with Crippen LogP contribution in [0, 0.1) is 0 Å². The van der Waals surface area contributed by atoms with E-state index in [0.29, 0.717) is 37.8 Å². The molecule has 0 saturated heterocycles. The Morgan fingerprint density at radius 2 is 1.85 bits per heavy atom. The molecule has 8 nitrogen and oxygen atoms in total. The zero-order valence-electron chi connectivity index (χ0n) is 21.2. The molecule has 0 amide bonds. The van der Waals surface area contributed by atoms with Crippen molar-refractivity contribution in [2.75, 3.05) is 20.5 Å². The largest absolute Gasteiger partial charge is 0.496 e. The maximum atomic E-state index is 14.0. The van der Waals surface area contributed by atoms with Crippen LogP contribution in [0.25, 0.3) is 11.8 Å². The lowest BCUT2D eigenvalue weighted by Crippen LogP contribution is -2.40. The minimum absolute atomic E-state index is 0.107. The summed E-state index contributed by atoms with van der Waals surface area (Å²) in [6.45, 7) is 2.03. The van der Waals surface area contributed by atoms with Gasteiger partial charge in [-0.2, -0.15) is 0 Å². The van der Waals surface area contributed by atoms with E-state index in [2.05, 4.69) is 0 Å². The van der Waals surface area contributed by atoms with Gasteiger partial charge in [-0.25, -0.2) is 9.79 Å². The fourth-order valence-electron chi connectivity index (χ4n) is 4.77. The Hall–Kier alpha value is -4.63. The number of rotatable bonds is 6. The summed E-state index contributed by atoms with van der Waals surface area (Å²) in [5, 5.41) is 0. The van der Waals surface area contributed by atoms with Crippen molar-refractivity contribution >= 4 is 29.1 Å². The van der Waals surface area contributed by atoms with E-state index in [1.54, 1.807) is 36.8 Å². The maximum absolute atomic E-state index is 14.0. The van der Waals surface area contributed by atoms with Crippen LogP contribution in [0.15, 0.2) is 88.2 Å². The number of aromatic nitrogens is 1. The molecule has 3 heterocycles. The number of carbonyl (C=O) groups excluding carboxylic acids is 1. The van der Waals surface area contributed by atoms with Crippen molar-refractivity contribution in [3.8, 4) is 17.2 Å². The van der Waals surface area contributed by atoms with Crippen LogP contribution in [0.2, 0.25) is 0 Å². The molecule has 9 heteroatoms. The number of hydrogen-bond acceptors (Lipinski definition) is 8. The Bertz CT molecular complexity index is 1790. The average molecular weight is 541 g/mol. The highest BCUT2D eigenvalue weighted by Crippen LogP contribution is 2.40. The first-order valence-corrected chi connectivity index (χ1v) is 13.2. The third-order valence-electron chi connectivity index (χ3n) is 6.51. The highest BCUT2D eigenvalue weighted by Gasteiger charge is 2.36. The first-order valence-electron chi connectivity index (χ1n) is 12.4. The summed E-state index contributed by atoms with van der Waals surface area (Å²) in [7, 11) is 1.59. The molecule has 1 aromatic heterocycles. The summed E-state index contributed by atoms with van der Waals surface area (Å²) in [5.41, 5.74) is 2.64. The van der Waals surface area contributed by atoms with Gasteiger partial charge in [0, 0.05) is 11.1 Å². The first-order chi connectivity index (χ1) is 19.1. The van der Waals surface area contributed by atoms with E-state index < -0.39 is 12.0 Å². The third-order valence-corrected chi connectivity index (χ3v) is 7.49. The van der Waals surface area contributed by atoms with Crippen LogP contribution in [0.1, 0.15) is 29.7 Å². The van der Waals surface area contributed by atoms with Gasteiger partial charge in [0.25, 0.3) is 5.56 Å². The minimum Gasteiger partial charge on any atom is -0.496 e. The maximum Gasteiger partial charge on any atom is 0.338 e. The average Bonchev–Trinajstić information content (AvgIpc) is 3.56. The number of ether oxygens (including phenoxy) is 4. The van der Waals surface area contributed by atoms with Crippen LogP contribution < -0.4 is 29.1 Å². The monoisotopic (exact) mass is 540 g/mol. The molecule has 2 aliphatic heterocycles. The predicted octanol–water partition coefficient (Wildman–Crippen LogP) is 3.67. The zero-order valence-corrected chi connectivity index (χ0v) is 22.1. The lowest BCUT2D eigenvalue weighted by atomic mass is 9.93. The lowest BCUT2D eigenvalue weighted by Gasteiger charge is -2.26. The van der Waals surface area contributed by atoms with Crippen molar-refractivity contribution in [2.24, 2.45) is 4.99 Å². The smallest absolute Gasteiger partial charge is 0.338 e. The number of methoxy groups -OCH3 is 1. The zero-order chi connectivity index (χ0) is 26.9. The van der Waals surface area contributed by atoms with Crippen molar-refractivity contribution in [1.82, 2.24) is 4.57 Å². The lowest BCUT2D eigenvalue weighted by molar-refractivity contribution is -0.138. The number of esters is 1. The van der Waals surface area contributed by atoms with Crippen molar-refractivity contribution in [1.29, 1.82) is 0 Å². The van der Waals surface area contributed by atoms with Crippen LogP contribution in [0.4, 0.5) is 0 Å². The quantitative estimate of drug-likeness (QED) is 0.347. The summed E-state index contributed by atoms with van der Waals surface area (Å²) in [6.07, 6.45) is 1.79. The summed E-state index contributed by atoms with van der Waals surface area (Å²) in [6, 6.07) is 21.5. The number of hydrogen-bond donors (Lipinski definition) is 0. The van der Waals surface area contributed by atoms with Crippen LogP contribution in [-0.2, 0) is 9.53 Å². The molecule has 4 aromatic rings. The predicted molar refractivity (Wildman–Crippen MR) is 147 cm³/mol. The number of carbonyl (C=O) groups is 1. The molecule has 6 rings (SSSR count). The Balaban J connectivity index is 1.65. The highest BCUT2D eigenvalue weighted by atomic mass is 32.1. The van der Waals surface area contributed by atoms with Crippen LogP contribution >= 0.6 is 11.3 Å². The Morgan fingerprint density at radius 1 is 1.08 bits per heavy atom. The number of benzene rings is 3. The van der Waals surface area contributed by atoms with Gasteiger partial charge in [-0.05, 0) is 36.8 Å². The minimum atomic E-state index is -0.801. The molecule has 0 radical (unpaired) electrons. The van der Waals surface area contributed by atoms with Crippen molar-refractivity contribution < 1.29 is 23.7 Å². The molecule has 0 saturated carbocycles. The fourth-order valence-corrected chi connectivity index (χ4v) is 5.76. The van der Waals surface area contributed by atoms with Crippen molar-refractivity contribution in [2.45, 2.75) is 13.0 Å². The number of fused-ring (bicyclic) bond motifs is 2. The van der Waals surface area contributed by atoms with E-state index in [-0.39, 0.29) is 24.5 Å². The SMILES string of the molecule is CCOC(=O)C1=C(c2ccccc2)N=c2s/c(=C/c3ccccc3OC)c(=O)n2C1c1ccc2c(c1)OCO2. The second-order valence-corrected chi connectivity index (χ2v) is 9.80. The van der Waals surface area contributed by atoms with E-state index in [0.717, 1.165) is 11.1 Å². The molecule has 3 aromatic carbocycles. The molecule has 0 bridgehead atoms. The van der Waals surface area contributed by atoms with Gasteiger partial charge in [-0.15, -0.1) is 0 Å². The van der Waals surface area contributed by atoms with Gasteiger partial charge in [-0.1, -0.05) is 65.9 Å². The number of nitrogens with zero attached hydrogens (tertiary/aromatic N) is 2. The second-order valence-electron chi connectivity index (χ2n) is 8.79. The van der Waals surface area contributed by atoms with Crippen LogP contribution in [0.3, 0.4) is 0 Å². The molecule has 196 valence electrons. The fraction of sp³-hybridized carbons (Fsp3) is 0.167. The van der Waals surface area contributed by atoms with Gasteiger partial charge >= 0.3 is 5.97 Å².